The summed E-state index contributed by atoms with van der Waals surface area (Å²) in [6, 6.07) is 15.2. The molecule has 3 N–H and O–H groups in total. The molecular formula is C16H14N2OS. The molecule has 3 aromatic rings. The Bertz CT molecular complexity index is 737. The molecule has 0 amide bonds. The number of rotatable bonds is 3. The van der Waals surface area contributed by atoms with Gasteiger partial charge in [-0.25, -0.2) is 4.98 Å². The molecule has 0 atom stereocenters. The van der Waals surface area contributed by atoms with Crippen LogP contribution >= 0.6 is 11.3 Å². The Labute approximate surface area is 121 Å². The number of hydrogen-bond acceptors (Lipinski definition) is 4. The molecule has 4 heteroatoms. The largest absolute Gasteiger partial charge is 0.508 e. The van der Waals surface area contributed by atoms with E-state index in [2.05, 4.69) is 11.1 Å². The van der Waals surface area contributed by atoms with Crippen molar-refractivity contribution in [3.63, 3.8) is 0 Å². The highest BCUT2D eigenvalue weighted by atomic mass is 32.1. The molecule has 100 valence electrons. The molecule has 3 rings (SSSR count). The van der Waals surface area contributed by atoms with Gasteiger partial charge in [-0.15, -0.1) is 11.3 Å². The summed E-state index contributed by atoms with van der Waals surface area (Å²) in [5.41, 5.74) is 9.63. The van der Waals surface area contributed by atoms with Crippen molar-refractivity contribution in [1.82, 2.24) is 4.98 Å². The van der Waals surface area contributed by atoms with Crippen LogP contribution < -0.4 is 5.73 Å². The van der Waals surface area contributed by atoms with Gasteiger partial charge in [0.25, 0.3) is 0 Å². The average molecular weight is 282 g/mol. The van der Waals surface area contributed by atoms with Crippen LogP contribution in [0.4, 0.5) is 0 Å². The third-order valence-corrected chi connectivity index (χ3v) is 3.95. The van der Waals surface area contributed by atoms with Gasteiger partial charge >= 0.3 is 0 Å². The molecule has 0 aliphatic heterocycles. The van der Waals surface area contributed by atoms with E-state index < -0.39 is 0 Å². The number of phenols is 1. The Balaban J connectivity index is 1.97. The van der Waals surface area contributed by atoms with Crippen LogP contribution in [-0.2, 0) is 6.54 Å². The Morgan fingerprint density at radius 2 is 1.85 bits per heavy atom. The first-order chi connectivity index (χ1) is 9.76. The summed E-state index contributed by atoms with van der Waals surface area (Å²) in [5.74, 6) is 0.252. The lowest BCUT2D eigenvalue weighted by Crippen LogP contribution is -1.95. The van der Waals surface area contributed by atoms with Crippen LogP contribution in [0, 0.1) is 0 Å². The van der Waals surface area contributed by atoms with Crippen molar-refractivity contribution < 1.29 is 5.11 Å². The fraction of sp³-hybridized carbons (Fsp3) is 0.0625. The van der Waals surface area contributed by atoms with E-state index >= 15 is 0 Å². The van der Waals surface area contributed by atoms with Crippen LogP contribution in [0.15, 0.2) is 53.9 Å². The topological polar surface area (TPSA) is 59.1 Å². The Morgan fingerprint density at radius 1 is 1.05 bits per heavy atom. The van der Waals surface area contributed by atoms with Crippen molar-refractivity contribution in [2.75, 3.05) is 0 Å². The van der Waals surface area contributed by atoms with Crippen LogP contribution in [0.2, 0.25) is 0 Å². The number of phenolic OH excluding ortho intramolecular Hbond substituents is 1. The summed E-state index contributed by atoms with van der Waals surface area (Å²) in [6.07, 6.45) is 0. The van der Waals surface area contributed by atoms with Gasteiger partial charge in [0.15, 0.2) is 0 Å². The van der Waals surface area contributed by atoms with E-state index in [-0.39, 0.29) is 5.75 Å². The molecule has 0 aliphatic rings. The van der Waals surface area contributed by atoms with Crippen LogP contribution in [0.25, 0.3) is 21.8 Å². The van der Waals surface area contributed by atoms with Crippen LogP contribution in [0.3, 0.4) is 0 Å². The summed E-state index contributed by atoms with van der Waals surface area (Å²) in [5, 5.41) is 12.5. The monoisotopic (exact) mass is 282 g/mol. The maximum atomic E-state index is 9.53. The first-order valence-corrected chi connectivity index (χ1v) is 7.18. The minimum Gasteiger partial charge on any atom is -0.508 e. The smallest absolute Gasteiger partial charge is 0.124 e. The van der Waals surface area contributed by atoms with Gasteiger partial charge in [0.2, 0.25) is 0 Å². The van der Waals surface area contributed by atoms with Crippen molar-refractivity contribution in [2.24, 2.45) is 5.73 Å². The molecule has 0 bridgehead atoms. The van der Waals surface area contributed by atoms with E-state index in [1.165, 1.54) is 0 Å². The summed E-state index contributed by atoms with van der Waals surface area (Å²) in [7, 11) is 0. The lowest BCUT2D eigenvalue weighted by molar-refractivity contribution is 0.475. The zero-order valence-electron chi connectivity index (χ0n) is 10.8. The minimum atomic E-state index is 0.252. The molecule has 2 aromatic carbocycles. The van der Waals surface area contributed by atoms with Gasteiger partial charge in [0, 0.05) is 23.1 Å². The molecule has 0 aliphatic carbocycles. The zero-order valence-corrected chi connectivity index (χ0v) is 11.6. The molecule has 1 aromatic heterocycles. The van der Waals surface area contributed by atoms with Gasteiger partial charge in [-0.3, -0.25) is 0 Å². The van der Waals surface area contributed by atoms with E-state index in [1.54, 1.807) is 23.5 Å². The van der Waals surface area contributed by atoms with Gasteiger partial charge in [-0.05, 0) is 23.8 Å². The summed E-state index contributed by atoms with van der Waals surface area (Å²) < 4.78 is 0. The van der Waals surface area contributed by atoms with E-state index in [1.807, 2.05) is 35.7 Å². The van der Waals surface area contributed by atoms with Gasteiger partial charge < -0.3 is 10.8 Å². The predicted octanol–water partition coefficient (Wildman–Crippen LogP) is 3.64. The second kappa shape index (κ2) is 5.45. The van der Waals surface area contributed by atoms with Crippen LogP contribution in [0.5, 0.6) is 5.75 Å². The van der Waals surface area contributed by atoms with Crippen molar-refractivity contribution in [2.45, 2.75) is 6.54 Å². The minimum absolute atomic E-state index is 0.252. The Hall–Kier alpha value is -2.17. The third-order valence-electron chi connectivity index (χ3n) is 3.06. The SMILES string of the molecule is NCc1cccc(-c2nc(-c3cccc(O)c3)cs2)c1. The van der Waals surface area contributed by atoms with Gasteiger partial charge in [-0.1, -0.05) is 30.3 Å². The zero-order chi connectivity index (χ0) is 13.9. The quantitative estimate of drug-likeness (QED) is 0.771. The fourth-order valence-electron chi connectivity index (χ4n) is 2.04. The number of thiazole rings is 1. The molecular weight excluding hydrogens is 268 g/mol. The van der Waals surface area contributed by atoms with Crippen LogP contribution in [-0.4, -0.2) is 10.1 Å². The van der Waals surface area contributed by atoms with Crippen molar-refractivity contribution in [3.8, 4) is 27.6 Å². The number of benzene rings is 2. The van der Waals surface area contributed by atoms with Crippen molar-refractivity contribution in [3.05, 3.63) is 59.5 Å². The lowest BCUT2D eigenvalue weighted by atomic mass is 10.1. The van der Waals surface area contributed by atoms with E-state index in [0.717, 1.165) is 27.4 Å². The first kappa shape index (κ1) is 12.8. The highest BCUT2D eigenvalue weighted by Gasteiger charge is 2.07. The fourth-order valence-corrected chi connectivity index (χ4v) is 2.86. The maximum Gasteiger partial charge on any atom is 0.124 e. The standard InChI is InChI=1S/C16H14N2OS/c17-9-11-3-1-5-13(7-11)16-18-15(10-20-16)12-4-2-6-14(19)8-12/h1-8,10,19H,9,17H2. The number of nitrogens with two attached hydrogens (primary N) is 1. The predicted molar refractivity (Wildman–Crippen MR) is 82.5 cm³/mol. The normalized spacial score (nSPS) is 10.7. The second-order valence-corrected chi connectivity index (χ2v) is 5.35. The number of hydrogen-bond donors (Lipinski definition) is 2. The van der Waals surface area contributed by atoms with E-state index in [9.17, 15) is 5.11 Å². The summed E-state index contributed by atoms with van der Waals surface area (Å²) >= 11 is 1.59. The van der Waals surface area contributed by atoms with Gasteiger partial charge in [0.05, 0.1) is 5.69 Å². The molecule has 0 fully saturated rings. The molecule has 0 spiro atoms. The highest BCUT2D eigenvalue weighted by molar-refractivity contribution is 7.13. The third kappa shape index (κ3) is 2.57. The first-order valence-electron chi connectivity index (χ1n) is 6.30. The molecule has 0 unspecified atom stereocenters. The molecule has 0 radical (unpaired) electrons. The number of nitrogens with zero attached hydrogens (tertiary/aromatic N) is 1. The van der Waals surface area contributed by atoms with Crippen LogP contribution in [0.1, 0.15) is 5.56 Å². The maximum absolute atomic E-state index is 9.53. The highest BCUT2D eigenvalue weighted by Crippen LogP contribution is 2.30. The summed E-state index contributed by atoms with van der Waals surface area (Å²) in [6.45, 7) is 0.526. The molecule has 20 heavy (non-hydrogen) atoms. The summed E-state index contributed by atoms with van der Waals surface area (Å²) in [4.78, 5) is 4.63. The second-order valence-electron chi connectivity index (χ2n) is 4.49. The van der Waals surface area contributed by atoms with Crippen molar-refractivity contribution >= 4 is 11.3 Å². The van der Waals surface area contributed by atoms with Gasteiger partial charge in [-0.2, -0.15) is 0 Å². The molecule has 0 saturated heterocycles. The average Bonchev–Trinajstić information content (AvgIpc) is 2.97. The number of aromatic hydroxyl groups is 1. The molecule has 3 nitrogen and oxygen atoms in total. The van der Waals surface area contributed by atoms with E-state index in [4.69, 9.17) is 5.73 Å². The van der Waals surface area contributed by atoms with E-state index in [0.29, 0.717) is 6.54 Å². The Morgan fingerprint density at radius 3 is 2.65 bits per heavy atom. The van der Waals surface area contributed by atoms with Gasteiger partial charge in [0.1, 0.15) is 10.8 Å². The Kier molecular flexibility index (Phi) is 3.50. The lowest BCUT2D eigenvalue weighted by Gasteiger charge is -2.00. The molecule has 0 saturated carbocycles. The van der Waals surface area contributed by atoms with Crippen molar-refractivity contribution in [1.29, 1.82) is 0 Å². The number of aromatic nitrogens is 1. The molecule has 1 heterocycles.